The number of carboxylic acids is 2. The smallest absolute Gasteiger partial charge is 0.303 e. The molecule has 4 heteroatoms. The molecule has 0 spiro atoms. The van der Waals surface area contributed by atoms with Crippen LogP contribution in [0.15, 0.2) is 24.3 Å². The Bertz CT molecular complexity index is 311. The lowest BCUT2D eigenvalue weighted by Gasteiger charge is -1.97. The van der Waals surface area contributed by atoms with Crippen LogP contribution in [0.25, 0.3) is 0 Å². The molecule has 0 aliphatic rings. The van der Waals surface area contributed by atoms with Crippen molar-refractivity contribution in [3.8, 4) is 0 Å². The summed E-state index contributed by atoms with van der Waals surface area (Å²) >= 11 is 0. The molecule has 22 heavy (non-hydrogen) atoms. The molecule has 0 aliphatic heterocycles. The van der Waals surface area contributed by atoms with Crippen molar-refractivity contribution in [2.24, 2.45) is 0 Å². The van der Waals surface area contributed by atoms with Crippen molar-refractivity contribution in [2.45, 2.75) is 77.0 Å². The van der Waals surface area contributed by atoms with Gasteiger partial charge in [-0.25, -0.2) is 0 Å². The van der Waals surface area contributed by atoms with E-state index in [2.05, 4.69) is 24.3 Å². The van der Waals surface area contributed by atoms with Gasteiger partial charge in [0.1, 0.15) is 0 Å². The van der Waals surface area contributed by atoms with E-state index in [1.807, 2.05) is 0 Å². The Morgan fingerprint density at radius 2 is 0.955 bits per heavy atom. The zero-order valence-corrected chi connectivity index (χ0v) is 13.5. The molecular formula is C18H30O4. The molecule has 0 atom stereocenters. The second-order valence-electron chi connectivity index (χ2n) is 5.55. The first-order valence-corrected chi connectivity index (χ1v) is 8.38. The van der Waals surface area contributed by atoms with Crippen LogP contribution in [0.4, 0.5) is 0 Å². The van der Waals surface area contributed by atoms with Gasteiger partial charge in [-0.2, -0.15) is 0 Å². The summed E-state index contributed by atoms with van der Waals surface area (Å²) in [6.07, 6.45) is 19.1. The van der Waals surface area contributed by atoms with Gasteiger partial charge < -0.3 is 10.2 Å². The highest BCUT2D eigenvalue weighted by Crippen LogP contribution is 2.07. The third-order valence-electron chi connectivity index (χ3n) is 3.41. The number of hydrogen-bond donors (Lipinski definition) is 2. The summed E-state index contributed by atoms with van der Waals surface area (Å²) in [7, 11) is 0. The number of carboxylic acid groups (broad SMARTS) is 2. The summed E-state index contributed by atoms with van der Waals surface area (Å²) in [4.78, 5) is 20.6. The molecule has 0 saturated heterocycles. The highest BCUT2D eigenvalue weighted by molar-refractivity contribution is 5.66. The minimum absolute atomic E-state index is 0.287. The number of carbonyl (C=O) groups is 2. The van der Waals surface area contributed by atoms with Gasteiger partial charge in [-0.3, -0.25) is 9.59 Å². The van der Waals surface area contributed by atoms with Gasteiger partial charge in [0.15, 0.2) is 0 Å². The van der Waals surface area contributed by atoms with E-state index in [1.165, 1.54) is 0 Å². The van der Waals surface area contributed by atoms with E-state index in [0.29, 0.717) is 0 Å². The maximum atomic E-state index is 10.3. The molecule has 0 unspecified atom stereocenters. The van der Waals surface area contributed by atoms with Crippen LogP contribution >= 0.6 is 0 Å². The van der Waals surface area contributed by atoms with Crippen molar-refractivity contribution < 1.29 is 19.8 Å². The molecule has 0 rings (SSSR count). The normalized spacial score (nSPS) is 11.5. The van der Waals surface area contributed by atoms with Gasteiger partial charge in [0.25, 0.3) is 0 Å². The number of aliphatic carboxylic acids is 2. The van der Waals surface area contributed by atoms with Gasteiger partial charge in [0, 0.05) is 12.8 Å². The molecule has 4 nitrogen and oxygen atoms in total. The van der Waals surface area contributed by atoms with Crippen LogP contribution in [0, 0.1) is 0 Å². The maximum absolute atomic E-state index is 10.3. The van der Waals surface area contributed by atoms with Crippen molar-refractivity contribution in [3.63, 3.8) is 0 Å². The average molecular weight is 310 g/mol. The average Bonchev–Trinajstić information content (AvgIpc) is 2.46. The van der Waals surface area contributed by atoms with Crippen LogP contribution in [-0.2, 0) is 9.59 Å². The Morgan fingerprint density at radius 3 is 1.32 bits per heavy atom. The lowest BCUT2D eigenvalue weighted by molar-refractivity contribution is -0.138. The van der Waals surface area contributed by atoms with Crippen LogP contribution < -0.4 is 0 Å². The summed E-state index contributed by atoms with van der Waals surface area (Å²) in [6, 6.07) is 0. The number of unbranched alkanes of at least 4 members (excludes halogenated alkanes) is 8. The lowest BCUT2D eigenvalue weighted by Crippen LogP contribution is -1.93. The van der Waals surface area contributed by atoms with Crippen molar-refractivity contribution in [2.75, 3.05) is 0 Å². The molecule has 0 radical (unpaired) electrons. The molecule has 126 valence electrons. The molecular weight excluding hydrogens is 280 g/mol. The quantitative estimate of drug-likeness (QED) is 0.331. The predicted molar refractivity (Wildman–Crippen MR) is 89.0 cm³/mol. The zero-order valence-electron chi connectivity index (χ0n) is 13.5. The van der Waals surface area contributed by atoms with E-state index in [4.69, 9.17) is 10.2 Å². The molecule has 0 aromatic rings. The Kier molecular flexibility index (Phi) is 14.7. The van der Waals surface area contributed by atoms with E-state index in [-0.39, 0.29) is 12.8 Å². The number of rotatable bonds is 15. The highest BCUT2D eigenvalue weighted by Gasteiger charge is 1.96. The Balaban J connectivity index is 3.24. The minimum atomic E-state index is -0.702. The van der Waals surface area contributed by atoms with Crippen LogP contribution in [0.2, 0.25) is 0 Å². The third-order valence-corrected chi connectivity index (χ3v) is 3.41. The van der Waals surface area contributed by atoms with Gasteiger partial charge >= 0.3 is 11.9 Å². The zero-order chi connectivity index (χ0) is 16.5. The Hall–Kier alpha value is -1.58. The fraction of sp³-hybridized carbons (Fsp3) is 0.667. The molecule has 0 fully saturated rings. The van der Waals surface area contributed by atoms with Crippen molar-refractivity contribution >= 4 is 11.9 Å². The summed E-state index contributed by atoms with van der Waals surface area (Å²) in [5, 5.41) is 17.0. The largest absolute Gasteiger partial charge is 0.481 e. The standard InChI is InChI=1S/C18H30O4/c19-17(20)15-13-11-9-7-5-3-1-2-4-6-8-10-12-14-16-18(21)22/h1-4H,5-16H2,(H,19,20)(H,21,22). The van der Waals surface area contributed by atoms with E-state index in [1.54, 1.807) is 0 Å². The SMILES string of the molecule is O=C(O)CCCCCCC=CC=CCCCCCCC(=O)O. The molecule has 0 aromatic carbocycles. The summed E-state index contributed by atoms with van der Waals surface area (Å²) < 4.78 is 0. The van der Waals surface area contributed by atoms with Crippen molar-refractivity contribution in [1.29, 1.82) is 0 Å². The Labute approximate surface area is 133 Å². The Morgan fingerprint density at radius 1 is 0.591 bits per heavy atom. The summed E-state index contributed by atoms with van der Waals surface area (Å²) in [5.74, 6) is -1.40. The molecule has 2 N–H and O–H groups in total. The van der Waals surface area contributed by atoms with Crippen LogP contribution in [-0.4, -0.2) is 22.2 Å². The molecule has 0 aliphatic carbocycles. The molecule has 0 aromatic heterocycles. The van der Waals surface area contributed by atoms with E-state index in [0.717, 1.165) is 64.2 Å². The lowest BCUT2D eigenvalue weighted by atomic mass is 10.1. The van der Waals surface area contributed by atoms with Gasteiger partial charge in [-0.05, 0) is 38.5 Å². The second kappa shape index (κ2) is 15.8. The monoisotopic (exact) mass is 310 g/mol. The first-order valence-electron chi connectivity index (χ1n) is 8.38. The predicted octanol–water partition coefficient (Wildman–Crippen LogP) is 4.95. The van der Waals surface area contributed by atoms with Gasteiger partial charge in [-0.15, -0.1) is 0 Å². The molecule has 0 heterocycles. The summed E-state index contributed by atoms with van der Waals surface area (Å²) in [6.45, 7) is 0. The maximum Gasteiger partial charge on any atom is 0.303 e. The van der Waals surface area contributed by atoms with E-state index < -0.39 is 11.9 Å². The number of allylic oxidation sites excluding steroid dienone is 4. The second-order valence-corrected chi connectivity index (χ2v) is 5.55. The summed E-state index contributed by atoms with van der Waals surface area (Å²) in [5.41, 5.74) is 0. The number of hydrogen-bond acceptors (Lipinski definition) is 2. The van der Waals surface area contributed by atoms with Crippen molar-refractivity contribution in [3.05, 3.63) is 24.3 Å². The van der Waals surface area contributed by atoms with E-state index >= 15 is 0 Å². The van der Waals surface area contributed by atoms with Crippen LogP contribution in [0.5, 0.6) is 0 Å². The molecule has 0 bridgehead atoms. The van der Waals surface area contributed by atoms with Gasteiger partial charge in [0.2, 0.25) is 0 Å². The highest BCUT2D eigenvalue weighted by atomic mass is 16.4. The third kappa shape index (κ3) is 18.4. The van der Waals surface area contributed by atoms with Crippen LogP contribution in [0.1, 0.15) is 77.0 Å². The van der Waals surface area contributed by atoms with Gasteiger partial charge in [-0.1, -0.05) is 50.0 Å². The topological polar surface area (TPSA) is 74.6 Å². The molecule has 0 amide bonds. The first kappa shape index (κ1) is 20.4. The minimum Gasteiger partial charge on any atom is -0.481 e. The molecule has 0 saturated carbocycles. The first-order chi connectivity index (χ1) is 10.6. The van der Waals surface area contributed by atoms with Gasteiger partial charge in [0.05, 0.1) is 0 Å². The van der Waals surface area contributed by atoms with E-state index in [9.17, 15) is 9.59 Å². The van der Waals surface area contributed by atoms with Crippen LogP contribution in [0.3, 0.4) is 0 Å². The fourth-order valence-corrected chi connectivity index (χ4v) is 2.13. The fourth-order valence-electron chi connectivity index (χ4n) is 2.13. The van der Waals surface area contributed by atoms with Crippen molar-refractivity contribution in [1.82, 2.24) is 0 Å².